The van der Waals surface area contributed by atoms with Crippen molar-refractivity contribution in [2.75, 3.05) is 44.7 Å². The number of hydrogen-bond acceptors (Lipinski definition) is 4. The van der Waals surface area contributed by atoms with E-state index in [9.17, 15) is 5.26 Å². The lowest BCUT2D eigenvalue weighted by molar-refractivity contribution is -0.465. The number of para-hydroxylation sites is 2. The van der Waals surface area contributed by atoms with Crippen molar-refractivity contribution in [2.45, 2.75) is 20.3 Å². The van der Waals surface area contributed by atoms with Gasteiger partial charge in [0.15, 0.2) is 0 Å². The first kappa shape index (κ1) is 17.8. The van der Waals surface area contributed by atoms with Crippen LogP contribution in [0.25, 0.3) is 16.7 Å². The first-order chi connectivity index (χ1) is 13.2. The highest BCUT2D eigenvalue weighted by molar-refractivity contribution is 5.78. The number of benzene rings is 1. The van der Waals surface area contributed by atoms with Crippen molar-refractivity contribution in [1.82, 2.24) is 9.88 Å². The fraction of sp³-hybridized carbons (Fsp3) is 0.429. The summed E-state index contributed by atoms with van der Waals surface area (Å²) in [5, 5.41) is 13.5. The first-order valence-corrected chi connectivity index (χ1v) is 9.66. The number of rotatable bonds is 5. The van der Waals surface area contributed by atoms with Gasteiger partial charge in [-0.15, -0.1) is 0 Å². The van der Waals surface area contributed by atoms with E-state index in [1.54, 1.807) is 0 Å². The van der Waals surface area contributed by atoms with Crippen LogP contribution in [0.4, 0.5) is 5.82 Å². The van der Waals surface area contributed by atoms with Crippen LogP contribution in [0.2, 0.25) is 0 Å². The van der Waals surface area contributed by atoms with Crippen LogP contribution < -0.4 is 9.72 Å². The Morgan fingerprint density at radius 2 is 2.07 bits per heavy atom. The molecule has 27 heavy (non-hydrogen) atoms. The number of anilines is 1. The van der Waals surface area contributed by atoms with Crippen molar-refractivity contribution in [3.63, 3.8) is 0 Å². The van der Waals surface area contributed by atoms with E-state index >= 15 is 0 Å². The summed E-state index contributed by atoms with van der Waals surface area (Å²) < 4.78 is 7.62. The molecular formula is C21H26N5O+. The van der Waals surface area contributed by atoms with Crippen molar-refractivity contribution in [3.8, 4) is 6.07 Å². The number of hydrogen-bond donors (Lipinski definition) is 2. The molecule has 2 N–H and O–H groups in total. The third-order valence-electron chi connectivity index (χ3n) is 5.49. The average molecular weight is 364 g/mol. The van der Waals surface area contributed by atoms with Gasteiger partial charge in [-0.25, -0.2) is 0 Å². The van der Waals surface area contributed by atoms with Gasteiger partial charge < -0.3 is 10.1 Å². The predicted molar refractivity (Wildman–Crippen MR) is 106 cm³/mol. The Balaban J connectivity index is 1.78. The standard InChI is InChI=1S/C21H25N5O/c1-3-16-15(2)17(14-22)21-24-18-6-4-5-7-19(18)26(21)20(16)23-8-9-25-10-12-27-13-11-25/h4-7H,3,8-13H2,1-2H3,(H,23,24)/p+1. The molecule has 0 radical (unpaired) electrons. The van der Waals surface area contributed by atoms with Gasteiger partial charge in [-0.3, -0.25) is 9.88 Å². The van der Waals surface area contributed by atoms with Gasteiger partial charge in [0.25, 0.3) is 0 Å². The molecule has 0 aliphatic carbocycles. The fourth-order valence-corrected chi connectivity index (χ4v) is 4.04. The lowest BCUT2D eigenvalue weighted by Gasteiger charge is -2.26. The summed E-state index contributed by atoms with van der Waals surface area (Å²) in [5.74, 6) is 1.09. The lowest BCUT2D eigenvalue weighted by atomic mass is 10.0. The molecular weight excluding hydrogens is 338 g/mol. The molecule has 1 saturated heterocycles. The Hall–Kier alpha value is -2.62. The number of nitrogens with zero attached hydrogens (tertiary/aromatic N) is 3. The summed E-state index contributed by atoms with van der Waals surface area (Å²) in [5.41, 5.74) is 5.98. The molecule has 0 bridgehead atoms. The van der Waals surface area contributed by atoms with Gasteiger partial charge in [0, 0.05) is 25.2 Å². The summed E-state index contributed by atoms with van der Waals surface area (Å²) in [6.07, 6.45) is 0.878. The van der Waals surface area contributed by atoms with Crippen LogP contribution in [-0.4, -0.2) is 49.3 Å². The number of morpholine rings is 1. The summed E-state index contributed by atoms with van der Waals surface area (Å²) in [4.78, 5) is 5.87. The molecule has 0 atom stereocenters. The molecule has 1 aliphatic rings. The SMILES string of the molecule is CCc1c(C)c(C#N)c2[nH]c3ccccc3[n+]2c1NCCN1CCOCC1. The molecule has 0 spiro atoms. The maximum atomic E-state index is 9.78. The van der Waals surface area contributed by atoms with E-state index in [0.29, 0.717) is 0 Å². The molecule has 140 valence electrons. The minimum Gasteiger partial charge on any atom is -0.379 e. The van der Waals surface area contributed by atoms with E-state index in [4.69, 9.17) is 4.74 Å². The molecule has 2 aromatic heterocycles. The third kappa shape index (κ3) is 3.14. The van der Waals surface area contributed by atoms with E-state index in [0.717, 1.165) is 79.4 Å². The second-order valence-electron chi connectivity index (χ2n) is 7.00. The second-order valence-corrected chi connectivity index (χ2v) is 7.00. The zero-order chi connectivity index (χ0) is 18.8. The van der Waals surface area contributed by atoms with Gasteiger partial charge >= 0.3 is 0 Å². The maximum Gasteiger partial charge on any atom is 0.250 e. The van der Waals surface area contributed by atoms with Crippen LogP contribution in [0.5, 0.6) is 0 Å². The van der Waals surface area contributed by atoms with Gasteiger partial charge in [-0.2, -0.15) is 9.66 Å². The number of nitriles is 1. The van der Waals surface area contributed by atoms with Crippen LogP contribution in [0.3, 0.4) is 0 Å². The molecule has 6 heteroatoms. The number of nitrogens with one attached hydrogen (secondary N) is 2. The number of ether oxygens (including phenoxy) is 1. The minimum atomic E-state index is 0.724. The predicted octanol–water partition coefficient (Wildman–Crippen LogP) is 2.39. The van der Waals surface area contributed by atoms with Crippen LogP contribution in [0.1, 0.15) is 23.6 Å². The van der Waals surface area contributed by atoms with Crippen LogP contribution >= 0.6 is 0 Å². The Morgan fingerprint density at radius 3 is 2.81 bits per heavy atom. The summed E-state index contributed by atoms with van der Waals surface area (Å²) in [7, 11) is 0. The van der Waals surface area contributed by atoms with Crippen molar-refractivity contribution >= 4 is 22.5 Å². The zero-order valence-corrected chi connectivity index (χ0v) is 16.0. The molecule has 6 nitrogen and oxygen atoms in total. The maximum absolute atomic E-state index is 9.78. The molecule has 0 amide bonds. The Morgan fingerprint density at radius 1 is 1.30 bits per heavy atom. The van der Waals surface area contributed by atoms with Gasteiger partial charge in [0.05, 0.1) is 19.8 Å². The molecule has 3 aromatic rings. The fourth-order valence-electron chi connectivity index (χ4n) is 4.04. The molecule has 1 aliphatic heterocycles. The number of pyridine rings is 1. The van der Waals surface area contributed by atoms with Crippen LogP contribution in [-0.2, 0) is 11.2 Å². The zero-order valence-electron chi connectivity index (χ0n) is 16.0. The number of H-pyrrole nitrogens is 1. The van der Waals surface area contributed by atoms with Crippen molar-refractivity contribution < 1.29 is 9.14 Å². The Bertz CT molecular complexity index is 1010. The number of fused-ring (bicyclic) bond motifs is 3. The average Bonchev–Trinajstić information content (AvgIpc) is 3.08. The molecule has 3 heterocycles. The number of aromatic nitrogens is 2. The van der Waals surface area contributed by atoms with E-state index in [-0.39, 0.29) is 0 Å². The van der Waals surface area contributed by atoms with Crippen molar-refractivity contribution in [1.29, 1.82) is 5.26 Å². The quantitative estimate of drug-likeness (QED) is 0.682. The van der Waals surface area contributed by atoms with E-state index in [2.05, 4.69) is 51.7 Å². The minimum absolute atomic E-state index is 0.724. The van der Waals surface area contributed by atoms with Crippen LogP contribution in [0.15, 0.2) is 24.3 Å². The van der Waals surface area contributed by atoms with Crippen molar-refractivity contribution in [3.05, 3.63) is 41.0 Å². The smallest absolute Gasteiger partial charge is 0.250 e. The second kappa shape index (κ2) is 7.55. The summed E-state index contributed by atoms with van der Waals surface area (Å²) in [6, 6.07) is 10.6. The normalized spacial score (nSPS) is 15.3. The highest BCUT2D eigenvalue weighted by atomic mass is 16.5. The van der Waals surface area contributed by atoms with E-state index in [1.165, 1.54) is 5.56 Å². The highest BCUT2D eigenvalue weighted by Crippen LogP contribution is 2.25. The van der Waals surface area contributed by atoms with Crippen molar-refractivity contribution in [2.24, 2.45) is 0 Å². The Labute approximate surface area is 159 Å². The summed E-state index contributed by atoms with van der Waals surface area (Å²) >= 11 is 0. The van der Waals surface area contributed by atoms with E-state index < -0.39 is 0 Å². The van der Waals surface area contributed by atoms with Gasteiger partial charge in [-0.1, -0.05) is 19.1 Å². The number of imidazole rings is 1. The monoisotopic (exact) mass is 364 g/mol. The van der Waals surface area contributed by atoms with Crippen LogP contribution in [0, 0.1) is 18.3 Å². The third-order valence-corrected chi connectivity index (χ3v) is 5.49. The molecule has 0 saturated carbocycles. The Kier molecular flexibility index (Phi) is 4.97. The molecule has 1 aromatic carbocycles. The summed E-state index contributed by atoms with van der Waals surface area (Å²) in [6.45, 7) is 9.66. The van der Waals surface area contributed by atoms with Gasteiger partial charge in [-0.05, 0) is 31.0 Å². The van der Waals surface area contributed by atoms with E-state index in [1.807, 2.05) is 12.1 Å². The molecule has 4 rings (SSSR count). The molecule has 0 unspecified atom stereocenters. The highest BCUT2D eigenvalue weighted by Gasteiger charge is 2.24. The molecule has 1 fully saturated rings. The largest absolute Gasteiger partial charge is 0.379 e. The first-order valence-electron chi connectivity index (χ1n) is 9.66. The number of aromatic amines is 1. The van der Waals surface area contributed by atoms with Gasteiger partial charge in [0.2, 0.25) is 11.5 Å². The topological polar surface area (TPSA) is 68.2 Å². The lowest BCUT2D eigenvalue weighted by Crippen LogP contribution is -2.40. The van der Waals surface area contributed by atoms with Gasteiger partial charge in [0.1, 0.15) is 22.7 Å².